The predicted octanol–water partition coefficient (Wildman–Crippen LogP) is 4.74. The number of hydrogen-bond acceptors (Lipinski definition) is 1. The Balaban J connectivity index is 2.17. The summed E-state index contributed by atoms with van der Waals surface area (Å²) in [5.74, 6) is 1.79. The monoisotopic (exact) mass is 224 g/mol. The molecular weight excluding hydrogens is 196 g/mol. The van der Waals surface area contributed by atoms with Crippen LogP contribution < -0.4 is 0 Å². The lowest BCUT2D eigenvalue weighted by Crippen LogP contribution is -2.12. The molecule has 0 aromatic carbocycles. The first kappa shape index (κ1) is 13.7. The molecule has 0 N–H and O–H groups in total. The van der Waals surface area contributed by atoms with Crippen LogP contribution in [0.1, 0.15) is 78.1 Å². The molecule has 0 amide bonds. The molecule has 0 aromatic rings. The van der Waals surface area contributed by atoms with E-state index in [0.717, 1.165) is 18.8 Å². The Kier molecular flexibility index (Phi) is 6.75. The molecule has 0 aliphatic heterocycles. The van der Waals surface area contributed by atoms with Crippen LogP contribution in [0.3, 0.4) is 0 Å². The smallest absolute Gasteiger partial charge is 0.135 e. The minimum absolute atomic E-state index is 0.434. The molecule has 1 aliphatic rings. The number of carbonyl (C=O) groups is 1. The largest absolute Gasteiger partial charge is 0.299 e. The van der Waals surface area contributed by atoms with Crippen molar-refractivity contribution in [3.05, 3.63) is 0 Å². The fourth-order valence-electron chi connectivity index (χ4n) is 2.84. The van der Waals surface area contributed by atoms with Gasteiger partial charge in [-0.3, -0.25) is 4.79 Å². The summed E-state index contributed by atoms with van der Waals surface area (Å²) in [4.78, 5) is 11.9. The van der Waals surface area contributed by atoms with Gasteiger partial charge in [0.2, 0.25) is 0 Å². The highest BCUT2D eigenvalue weighted by molar-refractivity contribution is 5.81. The number of rotatable bonds is 8. The Hall–Kier alpha value is -0.330. The maximum absolute atomic E-state index is 11.9. The van der Waals surface area contributed by atoms with Gasteiger partial charge in [0, 0.05) is 12.3 Å². The van der Waals surface area contributed by atoms with E-state index in [1.807, 2.05) is 0 Å². The molecule has 0 bridgehead atoms. The highest BCUT2D eigenvalue weighted by Crippen LogP contribution is 2.28. The summed E-state index contributed by atoms with van der Waals surface area (Å²) in [7, 11) is 0. The summed E-state index contributed by atoms with van der Waals surface area (Å²) in [5, 5.41) is 0. The first-order chi connectivity index (χ1) is 7.77. The molecule has 1 rings (SSSR count). The van der Waals surface area contributed by atoms with Crippen LogP contribution in [-0.4, -0.2) is 5.78 Å². The lowest BCUT2D eigenvalue weighted by molar-refractivity contribution is -0.123. The van der Waals surface area contributed by atoms with Crippen LogP contribution in [0.4, 0.5) is 0 Å². The van der Waals surface area contributed by atoms with Crippen LogP contribution in [0.5, 0.6) is 0 Å². The average molecular weight is 224 g/mol. The number of Topliss-reactive ketones (excluding diaryl/α,β-unsaturated/α-hetero) is 1. The highest BCUT2D eigenvalue weighted by Gasteiger charge is 2.22. The Bertz CT molecular complexity index is 192. The van der Waals surface area contributed by atoms with E-state index in [9.17, 15) is 4.79 Å². The molecule has 0 spiro atoms. The third kappa shape index (κ3) is 4.67. The SMILES string of the molecule is CCCCC(CC)CCC(=O)C1CCCC1. The Morgan fingerprint density at radius 1 is 1.19 bits per heavy atom. The van der Waals surface area contributed by atoms with Gasteiger partial charge in [0.1, 0.15) is 5.78 Å². The number of carbonyl (C=O) groups excluding carboxylic acids is 1. The molecule has 1 aliphatic carbocycles. The van der Waals surface area contributed by atoms with Crippen LogP contribution in [0.25, 0.3) is 0 Å². The maximum Gasteiger partial charge on any atom is 0.135 e. The summed E-state index contributed by atoms with van der Waals surface area (Å²) in [5.41, 5.74) is 0. The van der Waals surface area contributed by atoms with Gasteiger partial charge in [-0.2, -0.15) is 0 Å². The third-order valence-corrected chi connectivity index (χ3v) is 4.15. The summed E-state index contributed by atoms with van der Waals surface area (Å²) in [6.07, 6.45) is 12.1. The van der Waals surface area contributed by atoms with Crippen LogP contribution in [0.15, 0.2) is 0 Å². The Labute approximate surface area is 101 Å². The predicted molar refractivity (Wildman–Crippen MR) is 69.5 cm³/mol. The molecule has 16 heavy (non-hydrogen) atoms. The second kappa shape index (κ2) is 7.86. The van der Waals surface area contributed by atoms with Crippen molar-refractivity contribution in [2.24, 2.45) is 11.8 Å². The number of hydrogen-bond donors (Lipinski definition) is 0. The van der Waals surface area contributed by atoms with Gasteiger partial charge in [-0.05, 0) is 25.2 Å². The van der Waals surface area contributed by atoms with Gasteiger partial charge >= 0.3 is 0 Å². The minimum atomic E-state index is 0.434. The first-order valence-electron chi connectivity index (χ1n) is 7.30. The van der Waals surface area contributed by atoms with Gasteiger partial charge in [0.25, 0.3) is 0 Å². The molecular formula is C15H28O. The molecule has 1 unspecified atom stereocenters. The van der Waals surface area contributed by atoms with Crippen molar-refractivity contribution >= 4 is 5.78 Å². The fraction of sp³-hybridized carbons (Fsp3) is 0.933. The molecule has 1 nitrogen and oxygen atoms in total. The average Bonchev–Trinajstić information content (AvgIpc) is 2.82. The van der Waals surface area contributed by atoms with Crippen LogP contribution in [0, 0.1) is 11.8 Å². The topological polar surface area (TPSA) is 17.1 Å². The van der Waals surface area contributed by atoms with Crippen molar-refractivity contribution in [1.29, 1.82) is 0 Å². The molecule has 0 saturated heterocycles. The minimum Gasteiger partial charge on any atom is -0.299 e. The van der Waals surface area contributed by atoms with E-state index in [0.29, 0.717) is 11.7 Å². The van der Waals surface area contributed by atoms with Gasteiger partial charge in [0.05, 0.1) is 0 Å². The maximum atomic E-state index is 11.9. The fourth-order valence-corrected chi connectivity index (χ4v) is 2.84. The van der Waals surface area contributed by atoms with E-state index in [4.69, 9.17) is 0 Å². The van der Waals surface area contributed by atoms with Crippen LogP contribution >= 0.6 is 0 Å². The van der Waals surface area contributed by atoms with Crippen LogP contribution in [0.2, 0.25) is 0 Å². The van der Waals surface area contributed by atoms with E-state index >= 15 is 0 Å². The molecule has 0 heterocycles. The van der Waals surface area contributed by atoms with Crippen molar-refractivity contribution in [1.82, 2.24) is 0 Å². The summed E-state index contributed by atoms with van der Waals surface area (Å²) >= 11 is 0. The van der Waals surface area contributed by atoms with Crippen LogP contribution in [-0.2, 0) is 4.79 Å². The first-order valence-corrected chi connectivity index (χ1v) is 7.30. The Morgan fingerprint density at radius 2 is 1.88 bits per heavy atom. The second-order valence-electron chi connectivity index (χ2n) is 5.40. The molecule has 0 radical (unpaired) electrons. The van der Waals surface area contributed by atoms with Crippen molar-refractivity contribution in [2.45, 2.75) is 78.1 Å². The van der Waals surface area contributed by atoms with E-state index < -0.39 is 0 Å². The van der Waals surface area contributed by atoms with Gasteiger partial charge < -0.3 is 0 Å². The van der Waals surface area contributed by atoms with E-state index in [-0.39, 0.29) is 0 Å². The molecule has 1 saturated carbocycles. The van der Waals surface area contributed by atoms with Gasteiger partial charge in [-0.25, -0.2) is 0 Å². The summed E-state index contributed by atoms with van der Waals surface area (Å²) < 4.78 is 0. The zero-order valence-electron chi connectivity index (χ0n) is 11.1. The van der Waals surface area contributed by atoms with E-state index in [1.165, 1.54) is 51.4 Å². The summed E-state index contributed by atoms with van der Waals surface area (Å²) in [6.45, 7) is 4.51. The third-order valence-electron chi connectivity index (χ3n) is 4.15. The van der Waals surface area contributed by atoms with Crippen molar-refractivity contribution in [3.8, 4) is 0 Å². The molecule has 1 fully saturated rings. The molecule has 1 heteroatoms. The zero-order valence-corrected chi connectivity index (χ0v) is 11.1. The Morgan fingerprint density at radius 3 is 2.44 bits per heavy atom. The van der Waals surface area contributed by atoms with Crippen molar-refractivity contribution in [2.75, 3.05) is 0 Å². The quantitative estimate of drug-likeness (QED) is 0.582. The zero-order chi connectivity index (χ0) is 11.8. The second-order valence-corrected chi connectivity index (χ2v) is 5.40. The van der Waals surface area contributed by atoms with E-state index in [2.05, 4.69) is 13.8 Å². The summed E-state index contributed by atoms with van der Waals surface area (Å²) in [6, 6.07) is 0. The molecule has 0 aromatic heterocycles. The standard InChI is InChI=1S/C15H28O/c1-3-5-8-13(4-2)11-12-15(16)14-9-6-7-10-14/h13-14H,3-12H2,1-2H3. The van der Waals surface area contributed by atoms with E-state index in [1.54, 1.807) is 0 Å². The molecule has 94 valence electrons. The van der Waals surface area contributed by atoms with Gasteiger partial charge in [-0.15, -0.1) is 0 Å². The van der Waals surface area contributed by atoms with Crippen molar-refractivity contribution in [3.63, 3.8) is 0 Å². The lowest BCUT2D eigenvalue weighted by atomic mass is 9.90. The van der Waals surface area contributed by atoms with Gasteiger partial charge in [0.15, 0.2) is 0 Å². The highest BCUT2D eigenvalue weighted by atomic mass is 16.1. The number of unbranched alkanes of at least 4 members (excludes halogenated alkanes) is 1. The molecule has 1 atom stereocenters. The normalized spacial score (nSPS) is 18.9. The van der Waals surface area contributed by atoms with Gasteiger partial charge in [-0.1, -0.05) is 52.4 Å². The lowest BCUT2D eigenvalue weighted by Gasteiger charge is -2.15. The number of ketones is 1. The van der Waals surface area contributed by atoms with Crippen molar-refractivity contribution < 1.29 is 4.79 Å².